The van der Waals surface area contributed by atoms with Crippen LogP contribution < -0.4 is 0 Å². The zero-order chi connectivity index (χ0) is 11.7. The van der Waals surface area contributed by atoms with Gasteiger partial charge in [-0.25, -0.2) is 0 Å². The Bertz CT molecular complexity index is 388. The topological polar surface area (TPSA) is 17.1 Å². The Morgan fingerprint density at radius 1 is 1.25 bits per heavy atom. The molecular formula is C15H22O. The van der Waals surface area contributed by atoms with Crippen molar-refractivity contribution >= 4 is 5.78 Å². The van der Waals surface area contributed by atoms with Crippen molar-refractivity contribution in [3.8, 4) is 0 Å². The minimum Gasteiger partial charge on any atom is -0.295 e. The SMILES string of the molecule is CC1=C2[C@@H](CC1=O)[C@@H](C)CC[C@@H]1[C@H]2C1(C)C. The molecule has 0 aromatic rings. The highest BCUT2D eigenvalue weighted by atomic mass is 16.1. The molecule has 3 rings (SSSR count). The van der Waals surface area contributed by atoms with Crippen molar-refractivity contribution in [2.75, 3.05) is 0 Å². The number of Topliss-reactive ketones (excluding diaryl/α,β-unsaturated/α-hetero) is 1. The largest absolute Gasteiger partial charge is 0.295 e. The lowest BCUT2D eigenvalue weighted by molar-refractivity contribution is -0.115. The lowest BCUT2D eigenvalue weighted by Crippen LogP contribution is -2.14. The van der Waals surface area contributed by atoms with Gasteiger partial charge in [0.1, 0.15) is 0 Å². The van der Waals surface area contributed by atoms with Gasteiger partial charge in [-0.05, 0) is 54.4 Å². The van der Waals surface area contributed by atoms with Gasteiger partial charge in [-0.2, -0.15) is 0 Å². The number of ketones is 1. The summed E-state index contributed by atoms with van der Waals surface area (Å²) in [5.41, 5.74) is 3.16. The van der Waals surface area contributed by atoms with E-state index in [1.165, 1.54) is 12.8 Å². The van der Waals surface area contributed by atoms with Crippen LogP contribution in [0.15, 0.2) is 11.1 Å². The van der Waals surface area contributed by atoms with Crippen LogP contribution in [0.5, 0.6) is 0 Å². The first-order valence-electron chi connectivity index (χ1n) is 6.68. The first-order chi connectivity index (χ1) is 7.44. The first kappa shape index (κ1) is 10.6. The van der Waals surface area contributed by atoms with Gasteiger partial charge in [0.15, 0.2) is 5.78 Å². The van der Waals surface area contributed by atoms with Gasteiger partial charge in [0.25, 0.3) is 0 Å². The third-order valence-electron chi connectivity index (χ3n) is 5.66. The third-order valence-corrected chi connectivity index (χ3v) is 5.66. The highest BCUT2D eigenvalue weighted by molar-refractivity contribution is 5.99. The zero-order valence-electron chi connectivity index (χ0n) is 10.8. The number of hydrogen-bond donors (Lipinski definition) is 0. The summed E-state index contributed by atoms with van der Waals surface area (Å²) >= 11 is 0. The Morgan fingerprint density at radius 3 is 2.62 bits per heavy atom. The summed E-state index contributed by atoms with van der Waals surface area (Å²) in [5, 5.41) is 0. The Kier molecular flexibility index (Phi) is 1.98. The number of carbonyl (C=O) groups excluding carboxylic acids is 1. The van der Waals surface area contributed by atoms with Crippen molar-refractivity contribution in [3.05, 3.63) is 11.1 Å². The molecule has 4 atom stereocenters. The second-order valence-corrected chi connectivity index (χ2v) is 6.77. The van der Waals surface area contributed by atoms with Crippen LogP contribution in [-0.2, 0) is 4.79 Å². The van der Waals surface area contributed by atoms with E-state index in [4.69, 9.17) is 0 Å². The Morgan fingerprint density at radius 2 is 1.94 bits per heavy atom. The summed E-state index contributed by atoms with van der Waals surface area (Å²) in [6, 6.07) is 0. The summed E-state index contributed by atoms with van der Waals surface area (Å²) in [6.45, 7) is 9.19. The van der Waals surface area contributed by atoms with E-state index < -0.39 is 0 Å². The van der Waals surface area contributed by atoms with E-state index in [0.29, 0.717) is 17.1 Å². The van der Waals surface area contributed by atoms with Crippen LogP contribution in [-0.4, -0.2) is 5.78 Å². The maximum absolute atomic E-state index is 11.9. The summed E-state index contributed by atoms with van der Waals surface area (Å²) in [5.74, 6) is 3.32. The van der Waals surface area contributed by atoms with E-state index in [1.807, 2.05) is 0 Å². The number of rotatable bonds is 0. The van der Waals surface area contributed by atoms with Gasteiger partial charge in [0.2, 0.25) is 0 Å². The van der Waals surface area contributed by atoms with E-state index in [2.05, 4.69) is 27.7 Å². The van der Waals surface area contributed by atoms with Crippen molar-refractivity contribution in [1.29, 1.82) is 0 Å². The molecule has 3 aliphatic carbocycles. The van der Waals surface area contributed by atoms with Crippen molar-refractivity contribution in [1.82, 2.24) is 0 Å². The number of allylic oxidation sites excluding steroid dienone is 2. The molecule has 0 amide bonds. The van der Waals surface area contributed by atoms with Crippen LogP contribution >= 0.6 is 0 Å². The fraction of sp³-hybridized carbons (Fsp3) is 0.800. The maximum Gasteiger partial charge on any atom is 0.159 e. The second-order valence-electron chi connectivity index (χ2n) is 6.77. The summed E-state index contributed by atoms with van der Waals surface area (Å²) in [7, 11) is 0. The molecule has 88 valence electrons. The molecule has 0 bridgehead atoms. The van der Waals surface area contributed by atoms with Crippen molar-refractivity contribution < 1.29 is 4.79 Å². The first-order valence-corrected chi connectivity index (χ1v) is 6.68. The van der Waals surface area contributed by atoms with Gasteiger partial charge in [0, 0.05) is 6.42 Å². The highest BCUT2D eigenvalue weighted by Crippen LogP contribution is 2.68. The van der Waals surface area contributed by atoms with E-state index in [1.54, 1.807) is 5.57 Å². The molecule has 0 aromatic heterocycles. The van der Waals surface area contributed by atoms with Gasteiger partial charge in [-0.3, -0.25) is 4.79 Å². The van der Waals surface area contributed by atoms with E-state index in [0.717, 1.165) is 29.7 Å². The predicted octanol–water partition coefficient (Wildman–Crippen LogP) is 3.59. The van der Waals surface area contributed by atoms with Crippen LogP contribution in [0.2, 0.25) is 0 Å². The number of fused-ring (bicyclic) bond motifs is 3. The Hall–Kier alpha value is -0.590. The molecule has 1 nitrogen and oxygen atoms in total. The van der Waals surface area contributed by atoms with Crippen LogP contribution in [0.1, 0.15) is 47.0 Å². The molecule has 0 N–H and O–H groups in total. The molecule has 0 aliphatic heterocycles. The van der Waals surface area contributed by atoms with Crippen molar-refractivity contribution in [2.24, 2.45) is 29.1 Å². The minimum atomic E-state index is 0.426. The summed E-state index contributed by atoms with van der Waals surface area (Å²) in [6.07, 6.45) is 3.50. The zero-order valence-corrected chi connectivity index (χ0v) is 10.8. The van der Waals surface area contributed by atoms with Crippen LogP contribution in [0, 0.1) is 29.1 Å². The summed E-state index contributed by atoms with van der Waals surface area (Å²) < 4.78 is 0. The molecule has 0 unspecified atom stereocenters. The van der Waals surface area contributed by atoms with Crippen molar-refractivity contribution in [3.63, 3.8) is 0 Å². The maximum atomic E-state index is 11.9. The van der Waals surface area contributed by atoms with Gasteiger partial charge in [-0.15, -0.1) is 0 Å². The summed E-state index contributed by atoms with van der Waals surface area (Å²) in [4.78, 5) is 11.9. The van der Waals surface area contributed by atoms with Gasteiger partial charge < -0.3 is 0 Å². The quantitative estimate of drug-likeness (QED) is 0.607. The molecule has 2 fully saturated rings. The third kappa shape index (κ3) is 1.15. The Labute approximate surface area is 98.3 Å². The monoisotopic (exact) mass is 218 g/mol. The number of hydrogen-bond acceptors (Lipinski definition) is 1. The lowest BCUT2D eigenvalue weighted by atomic mass is 9.82. The average Bonchev–Trinajstić information content (AvgIpc) is 2.68. The molecule has 3 aliphatic rings. The van der Waals surface area contributed by atoms with Crippen LogP contribution in [0.4, 0.5) is 0 Å². The van der Waals surface area contributed by atoms with Gasteiger partial charge in [-0.1, -0.05) is 26.3 Å². The smallest absolute Gasteiger partial charge is 0.159 e. The Balaban J connectivity index is 2.05. The molecule has 0 aromatic carbocycles. The molecular weight excluding hydrogens is 196 g/mol. The molecule has 16 heavy (non-hydrogen) atoms. The highest BCUT2D eigenvalue weighted by Gasteiger charge is 2.62. The molecule has 0 spiro atoms. The molecule has 0 heterocycles. The van der Waals surface area contributed by atoms with Crippen LogP contribution in [0.3, 0.4) is 0 Å². The fourth-order valence-electron chi connectivity index (χ4n) is 4.42. The van der Waals surface area contributed by atoms with E-state index >= 15 is 0 Å². The predicted molar refractivity (Wildman–Crippen MR) is 65.0 cm³/mol. The molecule has 2 saturated carbocycles. The number of carbonyl (C=O) groups is 1. The normalized spacial score (nSPS) is 45.1. The van der Waals surface area contributed by atoms with Gasteiger partial charge in [0.05, 0.1) is 0 Å². The molecule has 0 radical (unpaired) electrons. The molecule has 0 saturated heterocycles. The van der Waals surface area contributed by atoms with Crippen LogP contribution in [0.25, 0.3) is 0 Å². The van der Waals surface area contributed by atoms with Crippen molar-refractivity contribution in [2.45, 2.75) is 47.0 Å². The standard InChI is InChI=1S/C15H22O/c1-8-5-6-11-14(15(11,3)4)13-9(2)12(16)7-10(8)13/h8,10-11,14H,5-7H2,1-4H3/t8-,10-,11+,14+/m0/s1. The average molecular weight is 218 g/mol. The lowest BCUT2D eigenvalue weighted by Gasteiger charge is -2.22. The molecule has 1 heteroatoms. The second kappa shape index (κ2) is 3.00. The van der Waals surface area contributed by atoms with E-state index in [9.17, 15) is 4.79 Å². The van der Waals surface area contributed by atoms with E-state index in [-0.39, 0.29) is 0 Å². The van der Waals surface area contributed by atoms with Gasteiger partial charge >= 0.3 is 0 Å². The fourth-order valence-corrected chi connectivity index (χ4v) is 4.42. The minimum absolute atomic E-state index is 0.426.